The second kappa shape index (κ2) is 7.18. The molecule has 0 spiro atoms. The minimum absolute atomic E-state index is 0.00656. The highest BCUT2D eigenvalue weighted by atomic mass is 79.9. The summed E-state index contributed by atoms with van der Waals surface area (Å²) in [5.74, 6) is -1.54. The maximum absolute atomic E-state index is 11.6. The zero-order valence-corrected chi connectivity index (χ0v) is 15.2. The number of phenols is 1. The minimum Gasteiger partial charge on any atom is -0.506 e. The summed E-state index contributed by atoms with van der Waals surface area (Å²) in [4.78, 5) is 29.0. The first kappa shape index (κ1) is 18.0. The zero-order chi connectivity index (χ0) is 18.8. The zero-order valence-electron chi connectivity index (χ0n) is 12.8. The van der Waals surface area contributed by atoms with Gasteiger partial charge in [0.1, 0.15) is 10.7 Å². The number of aromatic nitrogens is 2. The van der Waals surface area contributed by atoms with Crippen LogP contribution in [0.25, 0.3) is 17.1 Å². The van der Waals surface area contributed by atoms with Crippen molar-refractivity contribution in [1.29, 1.82) is 0 Å². The van der Waals surface area contributed by atoms with Crippen molar-refractivity contribution in [3.05, 3.63) is 61.5 Å². The summed E-state index contributed by atoms with van der Waals surface area (Å²) in [6.07, 6.45) is 1.16. The highest BCUT2D eigenvalue weighted by molar-refractivity contribution is 9.10. The number of aromatic hydroxyl groups is 1. The van der Waals surface area contributed by atoms with Gasteiger partial charge in [0.2, 0.25) is 0 Å². The molecule has 0 aliphatic heterocycles. The van der Waals surface area contributed by atoms with Crippen LogP contribution in [-0.2, 0) is 4.79 Å². The third-order valence-corrected chi connectivity index (χ3v) is 4.86. The Labute approximate surface area is 158 Å². The Morgan fingerprint density at radius 2 is 2.08 bits per heavy atom. The average Bonchev–Trinajstić information content (AvgIpc) is 3.00. The van der Waals surface area contributed by atoms with Crippen molar-refractivity contribution in [1.82, 2.24) is 9.97 Å². The molecule has 132 valence electrons. The maximum atomic E-state index is 11.6. The molecule has 0 amide bonds. The number of hydrogen-bond acceptors (Lipinski definition) is 6. The van der Waals surface area contributed by atoms with Crippen molar-refractivity contribution in [3.63, 3.8) is 0 Å². The molecule has 3 rings (SSSR count). The topological polar surface area (TPSA) is 129 Å². The molecule has 0 saturated carbocycles. The Kier molecular flexibility index (Phi) is 4.96. The van der Waals surface area contributed by atoms with Crippen molar-refractivity contribution in [3.8, 4) is 5.75 Å². The summed E-state index contributed by atoms with van der Waals surface area (Å²) < 4.78 is 0.0939. The van der Waals surface area contributed by atoms with Crippen molar-refractivity contribution < 1.29 is 19.9 Å². The SMILES string of the molecule is O=C(O)/C(=C/c1cc([N+](=O)[O-])cc(Br)c1O)Sc1nc2ccccc2[nH]1. The Balaban J connectivity index is 2.02. The van der Waals surface area contributed by atoms with Gasteiger partial charge in [-0.25, -0.2) is 9.78 Å². The third-order valence-electron chi connectivity index (χ3n) is 3.36. The molecule has 3 N–H and O–H groups in total. The molecule has 0 bridgehead atoms. The van der Waals surface area contributed by atoms with Crippen LogP contribution in [0.15, 0.2) is 50.9 Å². The van der Waals surface area contributed by atoms with Gasteiger partial charge in [0, 0.05) is 17.7 Å². The largest absolute Gasteiger partial charge is 0.506 e. The Hall–Kier alpha value is -2.85. The molecule has 0 aliphatic carbocycles. The summed E-state index contributed by atoms with van der Waals surface area (Å²) in [5, 5.41) is 30.9. The second-order valence-corrected chi connectivity index (χ2v) is 6.98. The first-order valence-electron chi connectivity index (χ1n) is 7.09. The van der Waals surface area contributed by atoms with Gasteiger partial charge in [0.05, 0.1) is 20.4 Å². The first-order chi connectivity index (χ1) is 12.3. The van der Waals surface area contributed by atoms with Crippen LogP contribution in [0.1, 0.15) is 5.56 Å². The molecule has 0 unspecified atom stereocenters. The fourth-order valence-corrected chi connectivity index (χ4v) is 3.43. The number of fused-ring (bicyclic) bond motifs is 1. The van der Waals surface area contributed by atoms with E-state index in [0.29, 0.717) is 10.7 Å². The van der Waals surface area contributed by atoms with Crippen LogP contribution < -0.4 is 0 Å². The number of thioether (sulfide) groups is 1. The van der Waals surface area contributed by atoms with Gasteiger partial charge in [-0.3, -0.25) is 10.1 Å². The Morgan fingerprint density at radius 1 is 1.35 bits per heavy atom. The Morgan fingerprint density at radius 3 is 2.73 bits per heavy atom. The van der Waals surface area contributed by atoms with Crippen LogP contribution >= 0.6 is 27.7 Å². The highest BCUT2D eigenvalue weighted by Crippen LogP contribution is 2.36. The van der Waals surface area contributed by atoms with Crippen molar-refractivity contribution in [2.45, 2.75) is 5.16 Å². The summed E-state index contributed by atoms with van der Waals surface area (Å²) in [7, 11) is 0. The number of H-pyrrole nitrogens is 1. The van der Waals surface area contributed by atoms with E-state index in [1.165, 1.54) is 0 Å². The predicted octanol–water partition coefficient (Wildman–Crippen LogP) is 4.16. The fraction of sp³-hybridized carbons (Fsp3) is 0. The van der Waals surface area contributed by atoms with Crippen LogP contribution in [-0.4, -0.2) is 31.1 Å². The number of carboxylic acid groups (broad SMARTS) is 1. The van der Waals surface area contributed by atoms with Gasteiger partial charge in [0.15, 0.2) is 5.16 Å². The minimum atomic E-state index is -1.25. The molecular formula is C16H10BrN3O5S. The predicted molar refractivity (Wildman–Crippen MR) is 100 cm³/mol. The number of aliphatic carboxylic acids is 1. The molecular weight excluding hydrogens is 426 g/mol. The number of nitro benzene ring substituents is 1. The first-order valence-corrected chi connectivity index (χ1v) is 8.70. The van der Waals surface area contributed by atoms with E-state index in [1.54, 1.807) is 12.1 Å². The summed E-state index contributed by atoms with van der Waals surface area (Å²) in [5.41, 5.74) is 1.16. The lowest BCUT2D eigenvalue weighted by molar-refractivity contribution is -0.385. The number of aromatic amines is 1. The molecule has 2 aromatic carbocycles. The average molecular weight is 436 g/mol. The number of nitrogens with zero attached hydrogens (tertiary/aromatic N) is 2. The summed E-state index contributed by atoms with van der Waals surface area (Å²) in [6.45, 7) is 0. The lowest BCUT2D eigenvalue weighted by Gasteiger charge is -2.04. The van der Waals surface area contributed by atoms with Crippen molar-refractivity contribution >= 4 is 56.5 Å². The molecule has 10 heteroatoms. The van der Waals surface area contributed by atoms with E-state index in [-0.39, 0.29) is 26.4 Å². The normalized spacial score (nSPS) is 11.7. The quantitative estimate of drug-likeness (QED) is 0.237. The number of carbonyl (C=O) groups is 1. The molecule has 0 aliphatic rings. The van der Waals surface area contributed by atoms with E-state index in [0.717, 1.165) is 35.5 Å². The van der Waals surface area contributed by atoms with Gasteiger partial charge in [-0.05, 0) is 45.9 Å². The number of imidazole rings is 1. The van der Waals surface area contributed by atoms with Crippen LogP contribution in [0, 0.1) is 10.1 Å². The van der Waals surface area contributed by atoms with Crippen molar-refractivity contribution in [2.24, 2.45) is 0 Å². The van der Waals surface area contributed by atoms with Crippen LogP contribution in [0.2, 0.25) is 0 Å². The van der Waals surface area contributed by atoms with Gasteiger partial charge < -0.3 is 15.2 Å². The number of nitrogens with one attached hydrogen (secondary N) is 1. The van der Waals surface area contributed by atoms with Gasteiger partial charge >= 0.3 is 5.97 Å². The van der Waals surface area contributed by atoms with E-state index >= 15 is 0 Å². The highest BCUT2D eigenvalue weighted by Gasteiger charge is 2.18. The lowest BCUT2D eigenvalue weighted by atomic mass is 10.1. The van der Waals surface area contributed by atoms with Crippen LogP contribution in [0.5, 0.6) is 5.75 Å². The van der Waals surface area contributed by atoms with E-state index in [4.69, 9.17) is 0 Å². The smallest absolute Gasteiger partial charge is 0.342 e. The number of carboxylic acids is 1. The number of hydrogen-bond donors (Lipinski definition) is 3. The molecule has 8 nitrogen and oxygen atoms in total. The molecule has 3 aromatic rings. The van der Waals surface area contributed by atoms with Gasteiger partial charge in [-0.1, -0.05) is 12.1 Å². The van der Waals surface area contributed by atoms with E-state index in [2.05, 4.69) is 25.9 Å². The number of benzene rings is 2. The fourth-order valence-electron chi connectivity index (χ4n) is 2.18. The second-order valence-electron chi connectivity index (χ2n) is 5.10. The summed E-state index contributed by atoms with van der Waals surface area (Å²) >= 11 is 3.87. The number of halogens is 1. The molecule has 0 radical (unpaired) electrons. The maximum Gasteiger partial charge on any atom is 0.342 e. The number of nitro groups is 1. The molecule has 1 aromatic heterocycles. The monoisotopic (exact) mass is 435 g/mol. The molecule has 0 atom stereocenters. The van der Waals surface area contributed by atoms with E-state index in [1.807, 2.05) is 12.1 Å². The van der Waals surface area contributed by atoms with E-state index < -0.39 is 10.9 Å². The third kappa shape index (κ3) is 3.70. The molecule has 0 fully saturated rings. The number of para-hydroxylation sites is 2. The number of rotatable bonds is 5. The standard InChI is InChI=1S/C16H10BrN3O5S/c17-10-7-9(20(24)25)5-8(14(10)21)6-13(15(22)23)26-16-18-11-3-1-2-4-12(11)19-16/h1-7,21H,(H,18,19)(H,22,23)/b13-6-. The van der Waals surface area contributed by atoms with Crippen molar-refractivity contribution in [2.75, 3.05) is 0 Å². The lowest BCUT2D eigenvalue weighted by Crippen LogP contribution is -1.98. The Bertz CT molecular complexity index is 1030. The van der Waals surface area contributed by atoms with Gasteiger partial charge in [-0.15, -0.1) is 0 Å². The molecule has 0 saturated heterocycles. The van der Waals surface area contributed by atoms with Gasteiger partial charge in [-0.2, -0.15) is 0 Å². The summed E-state index contributed by atoms with van der Waals surface area (Å²) in [6, 6.07) is 9.46. The molecule has 26 heavy (non-hydrogen) atoms. The number of phenolic OH excluding ortho intramolecular Hbond substituents is 1. The van der Waals surface area contributed by atoms with Crippen LogP contribution in [0.4, 0.5) is 5.69 Å². The molecule has 1 heterocycles. The van der Waals surface area contributed by atoms with Crippen LogP contribution in [0.3, 0.4) is 0 Å². The number of non-ortho nitro benzene ring substituents is 1. The van der Waals surface area contributed by atoms with E-state index in [9.17, 15) is 25.1 Å². The van der Waals surface area contributed by atoms with Gasteiger partial charge in [0.25, 0.3) is 5.69 Å².